The highest BCUT2D eigenvalue weighted by atomic mass is 19.4. The summed E-state index contributed by atoms with van der Waals surface area (Å²) in [6, 6.07) is 11.5. The molecule has 0 bridgehead atoms. The van der Waals surface area contributed by atoms with Gasteiger partial charge in [-0.15, -0.1) is 0 Å². The van der Waals surface area contributed by atoms with Crippen LogP contribution >= 0.6 is 0 Å². The molecule has 1 aliphatic rings. The number of hydrogen-bond donors (Lipinski definition) is 2. The molecule has 152 valence electrons. The normalized spacial score (nSPS) is 15.1. The highest BCUT2D eigenvalue weighted by molar-refractivity contribution is 6.02. The third-order valence-electron chi connectivity index (χ3n) is 4.66. The van der Waals surface area contributed by atoms with E-state index >= 15 is 0 Å². The number of benzene rings is 2. The fourth-order valence-electron chi connectivity index (χ4n) is 2.96. The summed E-state index contributed by atoms with van der Waals surface area (Å²) >= 11 is 0. The Morgan fingerprint density at radius 1 is 1.17 bits per heavy atom. The predicted octanol–water partition coefficient (Wildman–Crippen LogP) is 5.44. The summed E-state index contributed by atoms with van der Waals surface area (Å²) in [6.07, 6.45) is -2.04. The third kappa shape index (κ3) is 4.78. The van der Waals surface area contributed by atoms with E-state index in [9.17, 15) is 18.4 Å². The number of amidine groups is 1. The second kappa shape index (κ2) is 7.88. The summed E-state index contributed by atoms with van der Waals surface area (Å²) in [7, 11) is 0. The average Bonchev–Trinajstić information content (AvgIpc) is 3.42. The van der Waals surface area contributed by atoms with Gasteiger partial charge in [-0.1, -0.05) is 6.07 Å². The van der Waals surface area contributed by atoms with Crippen LogP contribution in [-0.4, -0.2) is 17.6 Å². The number of ether oxygens (including phenoxy) is 1. The summed E-state index contributed by atoms with van der Waals surface area (Å²) in [6.45, 7) is 1.11. The van der Waals surface area contributed by atoms with Crippen LogP contribution in [-0.2, 0) is 17.5 Å². The van der Waals surface area contributed by atoms with Crippen LogP contribution < -0.4 is 5.48 Å². The van der Waals surface area contributed by atoms with Gasteiger partial charge in [0, 0.05) is 17.6 Å². The quantitative estimate of drug-likeness (QED) is 0.326. The van der Waals surface area contributed by atoms with Crippen LogP contribution in [0.2, 0.25) is 0 Å². The maximum absolute atomic E-state index is 12.9. The summed E-state index contributed by atoms with van der Waals surface area (Å²) in [4.78, 5) is 4.11. The molecular formula is C21H19F3N2O3. The highest BCUT2D eigenvalue weighted by Crippen LogP contribution is 2.32. The summed E-state index contributed by atoms with van der Waals surface area (Å²) in [5.74, 6) is 1.38. The Bertz CT molecular complexity index is 1040. The number of nitrogens with zero attached hydrogens (tertiary/aromatic N) is 1. The Hall–Kier alpha value is -2.84. The zero-order chi connectivity index (χ0) is 20.4. The molecule has 0 aliphatic heterocycles. The molecule has 3 aromatic rings. The first-order chi connectivity index (χ1) is 13.9. The number of halogens is 3. The van der Waals surface area contributed by atoms with Gasteiger partial charge in [0.05, 0.1) is 11.3 Å². The molecule has 0 saturated heterocycles. The van der Waals surface area contributed by atoms with E-state index in [4.69, 9.17) is 9.15 Å². The number of fused-ring (bicyclic) bond motifs is 1. The largest absolute Gasteiger partial charge is 0.459 e. The van der Waals surface area contributed by atoms with Gasteiger partial charge in [0.15, 0.2) is 5.84 Å². The van der Waals surface area contributed by atoms with Crippen LogP contribution in [0.3, 0.4) is 0 Å². The lowest BCUT2D eigenvalue weighted by atomic mass is 10.1. The van der Waals surface area contributed by atoms with Crippen molar-refractivity contribution in [1.29, 1.82) is 0 Å². The maximum atomic E-state index is 12.9. The van der Waals surface area contributed by atoms with Crippen molar-refractivity contribution >= 4 is 22.5 Å². The second-order valence-corrected chi connectivity index (χ2v) is 7.04. The van der Waals surface area contributed by atoms with Crippen LogP contribution in [0.4, 0.5) is 18.9 Å². The van der Waals surface area contributed by atoms with E-state index in [0.717, 1.165) is 24.1 Å². The highest BCUT2D eigenvalue weighted by Gasteiger charge is 2.30. The molecule has 5 nitrogen and oxygen atoms in total. The summed E-state index contributed by atoms with van der Waals surface area (Å²) < 4.78 is 50.0. The van der Waals surface area contributed by atoms with Crippen molar-refractivity contribution in [3.63, 3.8) is 0 Å². The first kappa shape index (κ1) is 19.5. The molecule has 4 rings (SSSR count). The maximum Gasteiger partial charge on any atom is 0.416 e. The molecule has 1 fully saturated rings. The van der Waals surface area contributed by atoms with Gasteiger partial charge in [0.1, 0.15) is 18.0 Å². The van der Waals surface area contributed by atoms with Gasteiger partial charge in [-0.25, -0.2) is 4.99 Å². The summed E-state index contributed by atoms with van der Waals surface area (Å²) in [5.41, 5.74) is 2.37. The molecule has 0 spiro atoms. The minimum atomic E-state index is -4.47. The zero-order valence-electron chi connectivity index (χ0n) is 15.4. The smallest absolute Gasteiger partial charge is 0.416 e. The van der Waals surface area contributed by atoms with Gasteiger partial charge in [0.2, 0.25) is 0 Å². The molecule has 29 heavy (non-hydrogen) atoms. The van der Waals surface area contributed by atoms with Gasteiger partial charge >= 0.3 is 6.18 Å². The number of furan rings is 1. The van der Waals surface area contributed by atoms with E-state index in [1.807, 2.05) is 11.5 Å². The number of hydrogen-bond acceptors (Lipinski definition) is 4. The van der Waals surface area contributed by atoms with Gasteiger partial charge in [-0.3, -0.25) is 10.7 Å². The Kier molecular flexibility index (Phi) is 5.29. The van der Waals surface area contributed by atoms with Gasteiger partial charge in [-0.05, 0) is 61.2 Å². The van der Waals surface area contributed by atoms with Crippen LogP contribution in [0, 0.1) is 5.92 Å². The fraction of sp³-hybridized carbons (Fsp3) is 0.286. The van der Waals surface area contributed by atoms with Crippen LogP contribution in [0.1, 0.15) is 29.7 Å². The lowest BCUT2D eigenvalue weighted by molar-refractivity contribution is -0.137. The third-order valence-corrected chi connectivity index (χ3v) is 4.66. The van der Waals surface area contributed by atoms with E-state index in [2.05, 4.69) is 4.99 Å². The SMILES string of the molecule is ONC(=Nc1cccc(C(F)(F)F)c1)c1ccc2oc(COCC3CC3)cc2c1. The van der Waals surface area contributed by atoms with Crippen molar-refractivity contribution in [2.45, 2.75) is 25.6 Å². The standard InChI is InChI=1S/C21H19F3N2O3/c22-21(23,24)16-2-1-3-17(10-16)25-20(26-27)14-6-7-19-15(8-14)9-18(29-19)12-28-11-13-4-5-13/h1-3,6-10,13,27H,4-5,11-12H2,(H,25,26). The van der Waals surface area contributed by atoms with Crippen LogP contribution in [0.25, 0.3) is 11.0 Å². The monoisotopic (exact) mass is 404 g/mol. The minimum Gasteiger partial charge on any atom is -0.459 e. The topological polar surface area (TPSA) is 67.0 Å². The molecule has 1 aromatic heterocycles. The fourth-order valence-corrected chi connectivity index (χ4v) is 2.96. The Morgan fingerprint density at radius 2 is 2.00 bits per heavy atom. The molecule has 2 N–H and O–H groups in total. The first-order valence-electron chi connectivity index (χ1n) is 9.19. The van der Waals surface area contributed by atoms with Gasteiger partial charge < -0.3 is 9.15 Å². The predicted molar refractivity (Wildman–Crippen MR) is 101 cm³/mol. The minimum absolute atomic E-state index is 0.0268. The number of rotatable bonds is 6. The molecule has 8 heteroatoms. The van der Waals surface area contributed by atoms with E-state index in [1.54, 1.807) is 18.2 Å². The number of alkyl halides is 3. The van der Waals surface area contributed by atoms with Gasteiger partial charge in [-0.2, -0.15) is 13.2 Å². The molecule has 1 heterocycles. The first-order valence-corrected chi connectivity index (χ1v) is 9.19. The zero-order valence-corrected chi connectivity index (χ0v) is 15.4. The van der Waals surface area contributed by atoms with Crippen molar-refractivity contribution in [2.24, 2.45) is 10.9 Å². The average molecular weight is 404 g/mol. The van der Waals surface area contributed by atoms with Crippen LogP contribution in [0.15, 0.2) is 57.9 Å². The summed E-state index contributed by atoms with van der Waals surface area (Å²) in [5, 5.41) is 10.3. The number of hydroxylamine groups is 1. The van der Waals surface area contributed by atoms with Crippen molar-refractivity contribution in [3.05, 3.63) is 65.4 Å². The number of aliphatic imine (C=N–C) groups is 1. The molecule has 0 radical (unpaired) electrons. The van der Waals surface area contributed by atoms with E-state index < -0.39 is 11.7 Å². The van der Waals surface area contributed by atoms with Crippen LogP contribution in [0.5, 0.6) is 0 Å². The van der Waals surface area contributed by atoms with E-state index in [1.165, 1.54) is 25.0 Å². The second-order valence-electron chi connectivity index (χ2n) is 7.04. The van der Waals surface area contributed by atoms with Gasteiger partial charge in [0.25, 0.3) is 0 Å². The Balaban J connectivity index is 1.57. The molecule has 1 saturated carbocycles. The lowest BCUT2D eigenvalue weighted by Gasteiger charge is -2.08. The van der Waals surface area contributed by atoms with E-state index in [-0.39, 0.29) is 11.5 Å². The molecule has 1 aliphatic carbocycles. The molecule has 0 amide bonds. The molecule has 0 atom stereocenters. The van der Waals surface area contributed by atoms with Crippen molar-refractivity contribution < 1.29 is 27.5 Å². The lowest BCUT2D eigenvalue weighted by Crippen LogP contribution is -2.19. The molecule has 0 unspecified atom stereocenters. The molecular weight excluding hydrogens is 385 g/mol. The van der Waals surface area contributed by atoms with E-state index in [0.29, 0.717) is 29.4 Å². The Morgan fingerprint density at radius 3 is 2.72 bits per heavy atom. The Labute approximate surface area is 164 Å². The number of nitrogens with one attached hydrogen (secondary N) is 1. The molecule has 2 aromatic carbocycles. The van der Waals surface area contributed by atoms with Crippen molar-refractivity contribution in [2.75, 3.05) is 6.61 Å². The van der Waals surface area contributed by atoms with Crippen molar-refractivity contribution in [1.82, 2.24) is 5.48 Å². The van der Waals surface area contributed by atoms with Crippen molar-refractivity contribution in [3.8, 4) is 0 Å².